The van der Waals surface area contributed by atoms with Gasteiger partial charge in [-0.3, -0.25) is 4.79 Å². The monoisotopic (exact) mass is 406 g/mol. The number of nitrogens with one attached hydrogen (secondary N) is 2. The highest BCUT2D eigenvalue weighted by molar-refractivity contribution is 5.80. The van der Waals surface area contributed by atoms with Crippen molar-refractivity contribution in [2.24, 2.45) is 11.8 Å². The van der Waals surface area contributed by atoms with Crippen LogP contribution in [-0.2, 0) is 4.79 Å². The van der Waals surface area contributed by atoms with Crippen molar-refractivity contribution >= 4 is 22.9 Å². The molecule has 30 heavy (non-hydrogen) atoms. The lowest BCUT2D eigenvalue weighted by atomic mass is 9.95. The predicted octanol–water partition coefficient (Wildman–Crippen LogP) is 3.70. The number of H-pyrrole nitrogens is 1. The topological polar surface area (TPSA) is 86.8 Å². The van der Waals surface area contributed by atoms with Gasteiger partial charge < -0.3 is 15.2 Å². The molecule has 0 bridgehead atoms. The van der Waals surface area contributed by atoms with Gasteiger partial charge in [0, 0.05) is 24.5 Å². The number of carbonyl (C=O) groups excluding carboxylic acids is 1. The van der Waals surface area contributed by atoms with Gasteiger partial charge in [0.2, 0.25) is 11.9 Å². The Kier molecular flexibility index (Phi) is 5.70. The Labute approximate surface area is 177 Å². The molecule has 0 unspecified atom stereocenters. The van der Waals surface area contributed by atoms with E-state index in [-0.39, 0.29) is 23.8 Å². The van der Waals surface area contributed by atoms with Crippen LogP contribution in [0.2, 0.25) is 0 Å². The van der Waals surface area contributed by atoms with E-state index in [0.717, 1.165) is 53.6 Å². The lowest BCUT2D eigenvalue weighted by molar-refractivity contribution is -0.126. The number of hydrogen-bond donors (Lipinski definition) is 2. The maximum Gasteiger partial charge on any atom is 0.225 e. The molecule has 2 atom stereocenters. The van der Waals surface area contributed by atoms with E-state index >= 15 is 0 Å². The highest BCUT2D eigenvalue weighted by atomic mass is 16.2. The fourth-order valence-electron chi connectivity index (χ4n) is 4.16. The molecule has 2 N–H and O–H groups in total. The van der Waals surface area contributed by atoms with Gasteiger partial charge in [0.15, 0.2) is 0 Å². The van der Waals surface area contributed by atoms with Crippen LogP contribution in [0.5, 0.6) is 0 Å². The minimum Gasteiger partial charge on any atom is -0.346 e. The summed E-state index contributed by atoms with van der Waals surface area (Å²) >= 11 is 0. The molecule has 1 saturated heterocycles. The van der Waals surface area contributed by atoms with Crippen LogP contribution < -0.4 is 10.2 Å². The maximum absolute atomic E-state index is 13.2. The van der Waals surface area contributed by atoms with Crippen molar-refractivity contribution in [3.8, 4) is 0 Å². The lowest BCUT2D eigenvalue weighted by Crippen LogP contribution is -2.45. The van der Waals surface area contributed by atoms with E-state index in [4.69, 9.17) is 4.98 Å². The summed E-state index contributed by atoms with van der Waals surface area (Å²) in [6.45, 7) is 9.69. The minimum absolute atomic E-state index is 0.0724. The van der Waals surface area contributed by atoms with Crippen LogP contribution in [0.4, 0.5) is 5.95 Å². The van der Waals surface area contributed by atoms with Crippen molar-refractivity contribution < 1.29 is 4.79 Å². The SMILES string of the molecule is Cc1cc(C)nc(N2CCC[C@@H](C(=O)N[C@@H](c3nc4ccccc4[nH]3)C(C)C)C2)n1. The minimum atomic E-state index is -0.155. The van der Waals surface area contributed by atoms with Gasteiger partial charge in [0.05, 0.1) is 23.0 Å². The number of rotatable bonds is 5. The van der Waals surface area contributed by atoms with Gasteiger partial charge in [0.25, 0.3) is 0 Å². The molecule has 3 aromatic rings. The fraction of sp³-hybridized carbons (Fsp3) is 0.478. The average Bonchev–Trinajstić information content (AvgIpc) is 3.14. The second kappa shape index (κ2) is 8.42. The van der Waals surface area contributed by atoms with E-state index in [1.807, 2.05) is 44.2 Å². The summed E-state index contributed by atoms with van der Waals surface area (Å²) in [7, 11) is 0. The van der Waals surface area contributed by atoms with Crippen molar-refractivity contribution in [3.05, 3.63) is 47.5 Å². The summed E-state index contributed by atoms with van der Waals surface area (Å²) in [4.78, 5) is 32.6. The van der Waals surface area contributed by atoms with Gasteiger partial charge in [-0.2, -0.15) is 0 Å². The molecule has 0 radical (unpaired) electrons. The molecule has 1 aliphatic rings. The number of aromatic nitrogens is 4. The van der Waals surface area contributed by atoms with Crippen molar-refractivity contribution in [2.75, 3.05) is 18.0 Å². The molecule has 1 fully saturated rings. The summed E-state index contributed by atoms with van der Waals surface area (Å²) < 4.78 is 0. The number of para-hydroxylation sites is 2. The van der Waals surface area contributed by atoms with Crippen LogP contribution in [0.15, 0.2) is 30.3 Å². The summed E-state index contributed by atoms with van der Waals surface area (Å²) in [5.74, 6) is 1.74. The van der Waals surface area contributed by atoms with E-state index in [9.17, 15) is 4.79 Å². The number of aromatic amines is 1. The first kappa shape index (κ1) is 20.3. The number of benzene rings is 1. The number of nitrogens with zero attached hydrogens (tertiary/aromatic N) is 4. The molecule has 1 amide bonds. The molecule has 0 spiro atoms. The van der Waals surface area contributed by atoms with Crippen molar-refractivity contribution in [2.45, 2.75) is 46.6 Å². The van der Waals surface area contributed by atoms with Crippen molar-refractivity contribution in [1.29, 1.82) is 0 Å². The van der Waals surface area contributed by atoms with Gasteiger partial charge >= 0.3 is 0 Å². The van der Waals surface area contributed by atoms with E-state index in [2.05, 4.69) is 39.0 Å². The molecule has 1 aromatic carbocycles. The number of aryl methyl sites for hydroxylation is 2. The molecular formula is C23H30N6O. The molecule has 0 aliphatic carbocycles. The summed E-state index contributed by atoms with van der Waals surface area (Å²) in [6, 6.07) is 9.77. The van der Waals surface area contributed by atoms with Crippen LogP contribution >= 0.6 is 0 Å². The Balaban J connectivity index is 1.49. The highest BCUT2D eigenvalue weighted by Gasteiger charge is 2.30. The average molecular weight is 407 g/mol. The van der Waals surface area contributed by atoms with Crippen LogP contribution in [0.3, 0.4) is 0 Å². The third-order valence-electron chi connectivity index (χ3n) is 5.71. The number of anilines is 1. The molecule has 7 nitrogen and oxygen atoms in total. The first-order valence-electron chi connectivity index (χ1n) is 10.7. The van der Waals surface area contributed by atoms with E-state index in [1.165, 1.54) is 0 Å². The number of hydrogen-bond acceptors (Lipinski definition) is 5. The highest BCUT2D eigenvalue weighted by Crippen LogP contribution is 2.25. The third-order valence-corrected chi connectivity index (χ3v) is 5.71. The van der Waals surface area contributed by atoms with Crippen LogP contribution in [0.1, 0.15) is 49.9 Å². The Morgan fingerprint density at radius 2 is 1.90 bits per heavy atom. The molecule has 1 aliphatic heterocycles. The largest absolute Gasteiger partial charge is 0.346 e. The zero-order chi connectivity index (χ0) is 21.3. The molecule has 2 aromatic heterocycles. The zero-order valence-electron chi connectivity index (χ0n) is 18.1. The fourth-order valence-corrected chi connectivity index (χ4v) is 4.16. The number of amides is 1. The van der Waals surface area contributed by atoms with E-state index in [1.54, 1.807) is 0 Å². The van der Waals surface area contributed by atoms with Crippen LogP contribution in [0.25, 0.3) is 11.0 Å². The van der Waals surface area contributed by atoms with E-state index < -0.39 is 0 Å². The second-order valence-corrected chi connectivity index (χ2v) is 8.61. The molecule has 3 heterocycles. The van der Waals surface area contributed by atoms with Gasteiger partial charge in [-0.05, 0) is 50.8 Å². The molecular weight excluding hydrogens is 376 g/mol. The van der Waals surface area contributed by atoms with Gasteiger partial charge in [-0.25, -0.2) is 15.0 Å². The van der Waals surface area contributed by atoms with Crippen molar-refractivity contribution in [3.63, 3.8) is 0 Å². The maximum atomic E-state index is 13.2. The molecule has 7 heteroatoms. The van der Waals surface area contributed by atoms with Crippen molar-refractivity contribution in [1.82, 2.24) is 25.3 Å². The Morgan fingerprint density at radius 3 is 2.60 bits per heavy atom. The standard InChI is InChI=1S/C23H30N6O/c1-14(2)20(21-26-18-9-5-6-10-19(18)27-21)28-22(30)17-8-7-11-29(13-17)23-24-15(3)12-16(4)25-23/h5-6,9-10,12,14,17,20H,7-8,11,13H2,1-4H3,(H,26,27)(H,28,30)/t17-,20-/m1/s1. The number of carbonyl (C=O) groups is 1. The van der Waals surface area contributed by atoms with Gasteiger partial charge in [-0.15, -0.1) is 0 Å². The van der Waals surface area contributed by atoms with Gasteiger partial charge in [0.1, 0.15) is 5.82 Å². The summed E-state index contributed by atoms with van der Waals surface area (Å²) in [5.41, 5.74) is 3.81. The normalized spacial score (nSPS) is 18.0. The summed E-state index contributed by atoms with van der Waals surface area (Å²) in [5, 5.41) is 3.26. The predicted molar refractivity (Wildman–Crippen MR) is 118 cm³/mol. The number of imidazole rings is 1. The smallest absolute Gasteiger partial charge is 0.225 e. The molecule has 0 saturated carbocycles. The first-order valence-corrected chi connectivity index (χ1v) is 10.7. The second-order valence-electron chi connectivity index (χ2n) is 8.61. The lowest BCUT2D eigenvalue weighted by Gasteiger charge is -2.33. The Bertz CT molecular complexity index is 990. The van der Waals surface area contributed by atoms with E-state index in [0.29, 0.717) is 6.54 Å². The molecule has 4 rings (SSSR count). The number of piperidine rings is 1. The Morgan fingerprint density at radius 1 is 1.17 bits per heavy atom. The third kappa shape index (κ3) is 4.30. The zero-order valence-corrected chi connectivity index (χ0v) is 18.1. The summed E-state index contributed by atoms with van der Waals surface area (Å²) in [6.07, 6.45) is 1.82. The van der Waals surface area contributed by atoms with Crippen LogP contribution in [0, 0.1) is 25.7 Å². The van der Waals surface area contributed by atoms with Crippen LogP contribution in [-0.4, -0.2) is 38.9 Å². The number of fused-ring (bicyclic) bond motifs is 1. The molecule has 158 valence electrons. The Hall–Kier alpha value is -2.96. The quantitative estimate of drug-likeness (QED) is 0.675. The van der Waals surface area contributed by atoms with Gasteiger partial charge in [-0.1, -0.05) is 26.0 Å². The first-order chi connectivity index (χ1) is 14.4.